The van der Waals surface area contributed by atoms with Crippen LogP contribution in [0.2, 0.25) is 0 Å². The maximum absolute atomic E-state index is 13.2. The Labute approximate surface area is 256 Å². The summed E-state index contributed by atoms with van der Waals surface area (Å²) in [4.78, 5) is 28.1. The number of carbonyl (C=O) groups excluding carboxylic acids is 2. The second-order valence-corrected chi connectivity index (χ2v) is 13.1. The zero-order valence-corrected chi connectivity index (χ0v) is 28.0. The van der Waals surface area contributed by atoms with Gasteiger partial charge >= 0.3 is 0 Å². The predicted octanol–water partition coefficient (Wildman–Crippen LogP) is 11.0. The third kappa shape index (κ3) is 20.6. The smallest absolute Gasteiger partial charge is 0.248 e. The summed E-state index contributed by atoms with van der Waals surface area (Å²) >= 11 is 0. The molecule has 1 saturated carbocycles. The van der Waals surface area contributed by atoms with Crippen molar-refractivity contribution in [1.82, 2.24) is 4.90 Å². The molecule has 1 fully saturated rings. The van der Waals surface area contributed by atoms with Crippen molar-refractivity contribution in [2.75, 3.05) is 19.7 Å². The lowest BCUT2D eigenvalue weighted by molar-refractivity contribution is -0.142. The number of hydrogen-bond acceptors (Lipinski definition) is 3. The van der Waals surface area contributed by atoms with Crippen LogP contribution in [-0.2, 0) is 14.3 Å². The standard InChI is InChI=1S/C37H71NO3/c1-4-7-10-13-15-17-19-21-23-26-31-38(32-27-24-22-20-18-16-14-11-8-5-2)36(39)33-41-35-30-29-34(37(35)40)28-25-12-9-6-3/h34-35H,4-33H2,1-3H3. The molecule has 0 spiro atoms. The molecule has 1 aliphatic carbocycles. The Morgan fingerprint density at radius 3 is 1.41 bits per heavy atom. The molecule has 2 atom stereocenters. The van der Waals surface area contributed by atoms with Gasteiger partial charge in [-0.15, -0.1) is 0 Å². The fourth-order valence-electron chi connectivity index (χ4n) is 6.37. The Morgan fingerprint density at radius 1 is 0.585 bits per heavy atom. The van der Waals surface area contributed by atoms with Crippen LogP contribution in [0.1, 0.15) is 194 Å². The van der Waals surface area contributed by atoms with Crippen LogP contribution < -0.4 is 0 Å². The number of ether oxygens (including phenoxy) is 1. The number of nitrogens with zero attached hydrogens (tertiary/aromatic N) is 1. The number of ketones is 1. The molecule has 1 amide bonds. The van der Waals surface area contributed by atoms with Crippen LogP contribution in [0.4, 0.5) is 0 Å². The lowest BCUT2D eigenvalue weighted by Crippen LogP contribution is -2.37. The van der Waals surface area contributed by atoms with Crippen molar-refractivity contribution in [1.29, 1.82) is 0 Å². The van der Waals surface area contributed by atoms with E-state index in [0.717, 1.165) is 51.6 Å². The van der Waals surface area contributed by atoms with E-state index >= 15 is 0 Å². The van der Waals surface area contributed by atoms with Crippen molar-refractivity contribution in [2.24, 2.45) is 5.92 Å². The fraction of sp³-hybridized carbons (Fsp3) is 0.946. The second kappa shape index (κ2) is 27.9. The van der Waals surface area contributed by atoms with E-state index in [1.807, 2.05) is 0 Å². The quantitative estimate of drug-likeness (QED) is 0.0798. The van der Waals surface area contributed by atoms with E-state index in [-0.39, 0.29) is 30.3 Å². The van der Waals surface area contributed by atoms with Crippen LogP contribution in [0.25, 0.3) is 0 Å². The molecule has 41 heavy (non-hydrogen) atoms. The highest BCUT2D eigenvalue weighted by atomic mass is 16.5. The van der Waals surface area contributed by atoms with Gasteiger partial charge in [0, 0.05) is 19.0 Å². The molecule has 0 aliphatic heterocycles. The van der Waals surface area contributed by atoms with Gasteiger partial charge in [-0.3, -0.25) is 9.59 Å². The van der Waals surface area contributed by atoms with Gasteiger partial charge in [0.15, 0.2) is 5.78 Å². The summed E-state index contributed by atoms with van der Waals surface area (Å²) in [6.45, 7) is 8.53. The lowest BCUT2D eigenvalue weighted by atomic mass is 9.98. The molecule has 0 radical (unpaired) electrons. The molecule has 1 aliphatic rings. The molecule has 1 rings (SSSR count). The van der Waals surface area contributed by atoms with Gasteiger partial charge in [0.05, 0.1) is 0 Å². The zero-order valence-electron chi connectivity index (χ0n) is 28.0. The van der Waals surface area contributed by atoms with E-state index in [1.165, 1.54) is 135 Å². The zero-order chi connectivity index (χ0) is 29.8. The maximum atomic E-state index is 13.2. The Bertz CT molecular complexity index is 583. The van der Waals surface area contributed by atoms with E-state index in [0.29, 0.717) is 0 Å². The molecule has 242 valence electrons. The van der Waals surface area contributed by atoms with Gasteiger partial charge in [-0.25, -0.2) is 0 Å². The number of carbonyl (C=O) groups is 2. The maximum Gasteiger partial charge on any atom is 0.248 e. The van der Waals surface area contributed by atoms with E-state index in [4.69, 9.17) is 4.74 Å². The first-order valence-corrected chi connectivity index (χ1v) is 18.6. The summed E-state index contributed by atoms with van der Waals surface area (Å²) in [5, 5.41) is 0. The first-order valence-electron chi connectivity index (χ1n) is 18.6. The van der Waals surface area contributed by atoms with Gasteiger partial charge in [-0.2, -0.15) is 0 Å². The third-order valence-corrected chi connectivity index (χ3v) is 9.23. The van der Waals surface area contributed by atoms with Crippen LogP contribution in [-0.4, -0.2) is 42.4 Å². The minimum Gasteiger partial charge on any atom is -0.361 e. The molecule has 0 N–H and O–H groups in total. The molecule has 0 aromatic heterocycles. The summed E-state index contributed by atoms with van der Waals surface area (Å²) < 4.78 is 5.97. The largest absolute Gasteiger partial charge is 0.361 e. The lowest BCUT2D eigenvalue weighted by Gasteiger charge is -2.24. The number of amides is 1. The van der Waals surface area contributed by atoms with Crippen LogP contribution in [0, 0.1) is 5.92 Å². The second-order valence-electron chi connectivity index (χ2n) is 13.1. The summed E-state index contributed by atoms with van der Waals surface area (Å²) in [6.07, 6.45) is 33.4. The third-order valence-electron chi connectivity index (χ3n) is 9.23. The van der Waals surface area contributed by atoms with E-state index in [9.17, 15) is 9.59 Å². The average molecular weight is 578 g/mol. The monoisotopic (exact) mass is 578 g/mol. The Morgan fingerprint density at radius 2 is 0.976 bits per heavy atom. The molecule has 2 unspecified atom stereocenters. The number of unbranched alkanes of at least 4 members (excludes halogenated alkanes) is 21. The molecule has 0 aromatic rings. The molecule has 0 saturated heterocycles. The Hall–Kier alpha value is -0.900. The van der Waals surface area contributed by atoms with E-state index in [1.54, 1.807) is 0 Å². The fourth-order valence-corrected chi connectivity index (χ4v) is 6.37. The van der Waals surface area contributed by atoms with Gasteiger partial charge in [0.25, 0.3) is 0 Å². The van der Waals surface area contributed by atoms with Crippen molar-refractivity contribution >= 4 is 11.7 Å². The van der Waals surface area contributed by atoms with Crippen molar-refractivity contribution in [3.63, 3.8) is 0 Å². The summed E-state index contributed by atoms with van der Waals surface area (Å²) in [7, 11) is 0. The minimum atomic E-state index is -0.355. The van der Waals surface area contributed by atoms with Gasteiger partial charge in [-0.05, 0) is 32.1 Å². The first-order chi connectivity index (χ1) is 20.1. The topological polar surface area (TPSA) is 46.6 Å². The van der Waals surface area contributed by atoms with E-state index < -0.39 is 0 Å². The molecule has 0 heterocycles. The van der Waals surface area contributed by atoms with Crippen LogP contribution >= 0.6 is 0 Å². The van der Waals surface area contributed by atoms with Crippen LogP contribution in [0.15, 0.2) is 0 Å². The average Bonchev–Trinajstić information content (AvgIpc) is 3.33. The molecule has 4 nitrogen and oxygen atoms in total. The van der Waals surface area contributed by atoms with Crippen LogP contribution in [0.3, 0.4) is 0 Å². The molecular formula is C37H71NO3. The summed E-state index contributed by atoms with van der Waals surface area (Å²) in [6, 6.07) is 0. The molecular weight excluding hydrogens is 506 g/mol. The highest BCUT2D eigenvalue weighted by Gasteiger charge is 2.34. The number of rotatable bonds is 30. The SMILES string of the molecule is CCCCCCCCCCCCN(CCCCCCCCCCCC)C(=O)COC1CCC(CCCCCC)C1=O. The Kier molecular flexibility index (Phi) is 25.9. The summed E-state index contributed by atoms with van der Waals surface area (Å²) in [5.74, 6) is 0.502. The van der Waals surface area contributed by atoms with Crippen molar-refractivity contribution in [3.8, 4) is 0 Å². The molecule has 0 aromatic carbocycles. The van der Waals surface area contributed by atoms with Gasteiger partial charge in [0.2, 0.25) is 5.91 Å². The van der Waals surface area contributed by atoms with Crippen molar-refractivity contribution < 1.29 is 14.3 Å². The van der Waals surface area contributed by atoms with E-state index in [2.05, 4.69) is 25.7 Å². The molecule has 0 bridgehead atoms. The normalized spacial score (nSPS) is 17.0. The van der Waals surface area contributed by atoms with Crippen LogP contribution in [0.5, 0.6) is 0 Å². The first kappa shape index (κ1) is 38.1. The minimum absolute atomic E-state index is 0.0779. The van der Waals surface area contributed by atoms with Crippen molar-refractivity contribution in [3.05, 3.63) is 0 Å². The highest BCUT2D eigenvalue weighted by Crippen LogP contribution is 2.29. The van der Waals surface area contributed by atoms with Gasteiger partial charge < -0.3 is 9.64 Å². The number of Topliss-reactive ketones (excluding diaryl/α,β-unsaturated/α-hetero) is 1. The molecule has 4 heteroatoms. The van der Waals surface area contributed by atoms with Crippen molar-refractivity contribution in [2.45, 2.75) is 200 Å². The predicted molar refractivity (Wildman–Crippen MR) is 176 cm³/mol. The van der Waals surface area contributed by atoms with Gasteiger partial charge in [-0.1, -0.05) is 162 Å². The Balaban J connectivity index is 2.34. The highest BCUT2D eigenvalue weighted by molar-refractivity contribution is 5.88. The van der Waals surface area contributed by atoms with Gasteiger partial charge in [0.1, 0.15) is 12.7 Å². The number of hydrogen-bond donors (Lipinski definition) is 0. The summed E-state index contributed by atoms with van der Waals surface area (Å²) in [5.41, 5.74) is 0.